The maximum absolute atomic E-state index is 5.49. The van der Waals surface area contributed by atoms with Crippen LogP contribution in [0.1, 0.15) is 19.3 Å². The lowest BCUT2D eigenvalue weighted by Gasteiger charge is -2.15. The minimum atomic E-state index is 0.377. The van der Waals surface area contributed by atoms with Crippen LogP contribution in [0.15, 0.2) is 0 Å². The molecule has 1 radical (unpaired) electrons. The molecular weight excluding hydrogens is 128 g/mol. The zero-order valence-electron chi connectivity index (χ0n) is 6.08. The Morgan fingerprint density at radius 1 is 1.20 bits per heavy atom. The van der Waals surface area contributed by atoms with E-state index >= 15 is 0 Å². The summed E-state index contributed by atoms with van der Waals surface area (Å²) in [6, 6.07) is 0. The molecule has 10 heavy (non-hydrogen) atoms. The lowest BCUT2D eigenvalue weighted by Crippen LogP contribution is -2.23. The third kappa shape index (κ3) is 1.18. The largest absolute Gasteiger partial charge is 0.376 e. The van der Waals surface area contributed by atoms with Crippen LogP contribution >= 0.6 is 0 Å². The molecule has 0 aliphatic carbocycles. The summed E-state index contributed by atoms with van der Waals surface area (Å²) < 4.78 is 10.9. The van der Waals surface area contributed by atoms with Crippen LogP contribution in [0.3, 0.4) is 0 Å². The average molecular weight is 141 g/mol. The van der Waals surface area contributed by atoms with Gasteiger partial charge in [0.2, 0.25) is 0 Å². The molecule has 2 aliphatic rings. The summed E-state index contributed by atoms with van der Waals surface area (Å²) in [5.41, 5.74) is 0. The summed E-state index contributed by atoms with van der Waals surface area (Å²) in [6.45, 7) is 1.76. The highest BCUT2D eigenvalue weighted by Gasteiger charge is 2.29. The molecule has 2 nitrogen and oxygen atoms in total. The summed E-state index contributed by atoms with van der Waals surface area (Å²) in [5, 5.41) is 0. The fourth-order valence-electron chi connectivity index (χ4n) is 1.65. The molecule has 0 aromatic heterocycles. The minimum Gasteiger partial charge on any atom is -0.376 e. The first-order valence-electron chi connectivity index (χ1n) is 4.02. The van der Waals surface area contributed by atoms with Gasteiger partial charge >= 0.3 is 0 Å². The van der Waals surface area contributed by atoms with Crippen LogP contribution < -0.4 is 0 Å². The van der Waals surface area contributed by atoms with E-state index in [1.165, 1.54) is 12.8 Å². The van der Waals surface area contributed by atoms with Gasteiger partial charge in [-0.2, -0.15) is 0 Å². The van der Waals surface area contributed by atoms with Gasteiger partial charge in [-0.15, -0.1) is 0 Å². The molecule has 0 saturated carbocycles. The quantitative estimate of drug-likeness (QED) is 0.545. The van der Waals surface area contributed by atoms with Gasteiger partial charge in [-0.05, 0) is 25.7 Å². The van der Waals surface area contributed by atoms with E-state index < -0.39 is 0 Å². The molecule has 0 spiro atoms. The molecule has 2 unspecified atom stereocenters. The van der Waals surface area contributed by atoms with Crippen LogP contribution in [-0.4, -0.2) is 25.4 Å². The van der Waals surface area contributed by atoms with Gasteiger partial charge in [-0.3, -0.25) is 0 Å². The Hall–Kier alpha value is -0.0800. The summed E-state index contributed by atoms with van der Waals surface area (Å²) in [6.07, 6.45) is 6.46. The van der Waals surface area contributed by atoms with Gasteiger partial charge in [0.05, 0.1) is 18.8 Å². The van der Waals surface area contributed by atoms with Crippen LogP contribution in [0.5, 0.6) is 0 Å². The van der Waals surface area contributed by atoms with E-state index in [1.807, 2.05) is 0 Å². The molecule has 2 saturated heterocycles. The molecule has 2 heteroatoms. The summed E-state index contributed by atoms with van der Waals surface area (Å²) in [4.78, 5) is 0. The Morgan fingerprint density at radius 2 is 2.20 bits per heavy atom. The van der Waals surface area contributed by atoms with Crippen molar-refractivity contribution in [2.45, 2.75) is 31.5 Å². The van der Waals surface area contributed by atoms with Crippen molar-refractivity contribution in [3.05, 3.63) is 6.42 Å². The highest BCUT2D eigenvalue weighted by molar-refractivity contribution is 4.85. The summed E-state index contributed by atoms with van der Waals surface area (Å²) in [7, 11) is 0. The van der Waals surface area contributed by atoms with Gasteiger partial charge in [0.1, 0.15) is 0 Å². The van der Waals surface area contributed by atoms with E-state index in [9.17, 15) is 0 Å². The fraction of sp³-hybridized carbons (Fsp3) is 0.875. The average Bonchev–Trinajstić information content (AvgIpc) is 2.59. The van der Waals surface area contributed by atoms with E-state index in [4.69, 9.17) is 9.47 Å². The molecule has 0 aromatic rings. The van der Waals surface area contributed by atoms with Gasteiger partial charge < -0.3 is 9.47 Å². The monoisotopic (exact) mass is 141 g/mol. The molecule has 0 N–H and O–H groups in total. The molecule has 0 amide bonds. The van der Waals surface area contributed by atoms with Crippen molar-refractivity contribution < 1.29 is 9.47 Å². The number of rotatable bonds is 1. The summed E-state index contributed by atoms with van der Waals surface area (Å²) >= 11 is 0. The Labute approximate surface area is 61.5 Å². The van der Waals surface area contributed by atoms with Crippen molar-refractivity contribution in [3.8, 4) is 0 Å². The van der Waals surface area contributed by atoms with Crippen LogP contribution in [0.25, 0.3) is 0 Å². The van der Waals surface area contributed by atoms with Crippen molar-refractivity contribution >= 4 is 0 Å². The van der Waals surface area contributed by atoms with E-state index in [2.05, 4.69) is 6.42 Å². The normalized spacial score (nSPS) is 40.8. The third-order valence-electron chi connectivity index (χ3n) is 2.21. The molecule has 2 heterocycles. The van der Waals surface area contributed by atoms with E-state index in [-0.39, 0.29) is 0 Å². The van der Waals surface area contributed by atoms with Crippen LogP contribution in [0.2, 0.25) is 0 Å². The second-order valence-electron chi connectivity index (χ2n) is 2.95. The lowest BCUT2D eigenvalue weighted by molar-refractivity contribution is -0.0170. The second-order valence-corrected chi connectivity index (χ2v) is 2.95. The zero-order valence-corrected chi connectivity index (χ0v) is 6.08. The molecular formula is C8H13O2. The molecule has 0 bridgehead atoms. The van der Waals surface area contributed by atoms with Gasteiger partial charge in [0.25, 0.3) is 0 Å². The maximum atomic E-state index is 5.49. The number of ether oxygens (including phenoxy) is 2. The van der Waals surface area contributed by atoms with Crippen molar-refractivity contribution in [2.24, 2.45) is 0 Å². The molecule has 0 aromatic carbocycles. The van der Waals surface area contributed by atoms with Crippen molar-refractivity contribution in [3.63, 3.8) is 0 Å². The highest BCUT2D eigenvalue weighted by atomic mass is 16.5. The van der Waals surface area contributed by atoms with E-state index in [0.717, 1.165) is 19.6 Å². The Bertz CT molecular complexity index is 87.8. The number of hydrogen-bond acceptors (Lipinski definition) is 2. The Balaban J connectivity index is 1.85. The SMILES string of the molecule is [CH]1COC(C2CCCO2)C1. The first kappa shape index (κ1) is 6.62. The fourth-order valence-corrected chi connectivity index (χ4v) is 1.65. The van der Waals surface area contributed by atoms with E-state index in [1.54, 1.807) is 0 Å². The Morgan fingerprint density at radius 3 is 2.80 bits per heavy atom. The van der Waals surface area contributed by atoms with E-state index in [0.29, 0.717) is 12.2 Å². The predicted molar refractivity (Wildman–Crippen MR) is 37.6 cm³/mol. The highest BCUT2D eigenvalue weighted by Crippen LogP contribution is 2.24. The smallest absolute Gasteiger partial charge is 0.0840 e. The zero-order chi connectivity index (χ0) is 6.81. The maximum Gasteiger partial charge on any atom is 0.0840 e. The third-order valence-corrected chi connectivity index (χ3v) is 2.21. The Kier molecular flexibility index (Phi) is 1.91. The molecule has 57 valence electrons. The van der Waals surface area contributed by atoms with Gasteiger partial charge in [0, 0.05) is 6.61 Å². The van der Waals surface area contributed by atoms with Crippen molar-refractivity contribution in [2.75, 3.05) is 13.2 Å². The number of hydrogen-bond donors (Lipinski definition) is 0. The van der Waals surface area contributed by atoms with Crippen LogP contribution in [0.4, 0.5) is 0 Å². The molecule has 2 fully saturated rings. The first-order chi connectivity index (χ1) is 4.97. The van der Waals surface area contributed by atoms with Crippen LogP contribution in [0, 0.1) is 6.42 Å². The standard InChI is InChI=1S/C8H13O2/c1-3-7(9-5-1)8-4-2-6-10-8/h1,7-8H,2-6H2. The summed E-state index contributed by atoms with van der Waals surface area (Å²) in [5.74, 6) is 0. The molecule has 2 rings (SSSR count). The predicted octanol–water partition coefficient (Wildman–Crippen LogP) is 1.16. The minimum absolute atomic E-state index is 0.377. The van der Waals surface area contributed by atoms with Gasteiger partial charge in [-0.25, -0.2) is 0 Å². The first-order valence-corrected chi connectivity index (χ1v) is 4.02. The second kappa shape index (κ2) is 2.89. The van der Waals surface area contributed by atoms with Crippen LogP contribution in [-0.2, 0) is 9.47 Å². The van der Waals surface area contributed by atoms with Crippen molar-refractivity contribution in [1.82, 2.24) is 0 Å². The molecule has 2 aliphatic heterocycles. The van der Waals surface area contributed by atoms with Gasteiger partial charge in [0.15, 0.2) is 0 Å². The molecule has 2 atom stereocenters. The van der Waals surface area contributed by atoms with Gasteiger partial charge in [-0.1, -0.05) is 0 Å². The lowest BCUT2D eigenvalue weighted by atomic mass is 10.1. The topological polar surface area (TPSA) is 18.5 Å². The van der Waals surface area contributed by atoms with Crippen molar-refractivity contribution in [1.29, 1.82) is 0 Å².